The second-order valence-corrected chi connectivity index (χ2v) is 4.53. The van der Waals surface area contributed by atoms with Crippen LogP contribution in [0.5, 0.6) is 0 Å². The molecule has 90 valence electrons. The van der Waals surface area contributed by atoms with Gasteiger partial charge in [0.1, 0.15) is 6.07 Å². The molecule has 0 N–H and O–H groups in total. The molecule has 0 aliphatic carbocycles. The highest BCUT2D eigenvalue weighted by Crippen LogP contribution is 2.25. The van der Waals surface area contributed by atoms with Gasteiger partial charge >= 0.3 is 6.09 Å². The highest BCUT2D eigenvalue weighted by atomic mass is 19.1. The van der Waals surface area contributed by atoms with Gasteiger partial charge in [0, 0.05) is 25.9 Å². The fourth-order valence-electron chi connectivity index (χ4n) is 1.48. The van der Waals surface area contributed by atoms with Crippen LogP contribution in [0.4, 0.5) is 9.18 Å². The van der Waals surface area contributed by atoms with E-state index in [0.717, 1.165) is 0 Å². The van der Waals surface area contributed by atoms with Crippen LogP contribution in [0.2, 0.25) is 0 Å². The number of halogens is 1. The van der Waals surface area contributed by atoms with Crippen molar-refractivity contribution in [3.63, 3.8) is 0 Å². The smallest absolute Gasteiger partial charge is 0.409 e. The van der Waals surface area contributed by atoms with Crippen LogP contribution in [-0.2, 0) is 4.74 Å². The van der Waals surface area contributed by atoms with Crippen LogP contribution >= 0.6 is 0 Å². The van der Waals surface area contributed by atoms with E-state index >= 15 is 0 Å². The summed E-state index contributed by atoms with van der Waals surface area (Å²) < 4.78 is 18.5. The van der Waals surface area contributed by atoms with Crippen molar-refractivity contribution < 1.29 is 13.9 Å². The number of rotatable bonds is 2. The molecule has 1 fully saturated rings. The van der Waals surface area contributed by atoms with Gasteiger partial charge in [0.05, 0.1) is 6.61 Å². The van der Waals surface area contributed by atoms with E-state index in [1.54, 1.807) is 6.07 Å². The predicted molar refractivity (Wildman–Crippen MR) is 56.4 cm³/mol. The summed E-state index contributed by atoms with van der Waals surface area (Å²) in [5, 5.41) is 8.59. The Labute approximate surface area is 95.0 Å². The summed E-state index contributed by atoms with van der Waals surface area (Å²) in [6, 6.07) is 1.64. The number of carbonyl (C=O) groups excluding carboxylic acids is 1. The number of alkyl halides is 1. The van der Waals surface area contributed by atoms with E-state index in [9.17, 15) is 9.18 Å². The fourth-order valence-corrected chi connectivity index (χ4v) is 1.48. The molecule has 1 heterocycles. The van der Waals surface area contributed by atoms with Crippen LogP contribution in [0.15, 0.2) is 0 Å². The maximum Gasteiger partial charge on any atom is 0.409 e. The summed E-state index contributed by atoms with van der Waals surface area (Å²) in [6.45, 7) is 4.77. The molecule has 1 rings (SSSR count). The van der Waals surface area contributed by atoms with E-state index < -0.39 is 11.8 Å². The van der Waals surface area contributed by atoms with E-state index in [0.29, 0.717) is 6.61 Å². The molecule has 5 heteroatoms. The number of piperidine rings is 1. The first-order chi connectivity index (χ1) is 7.47. The summed E-state index contributed by atoms with van der Waals surface area (Å²) >= 11 is 0. The molecule has 1 amide bonds. The van der Waals surface area contributed by atoms with Crippen molar-refractivity contribution >= 4 is 6.09 Å². The van der Waals surface area contributed by atoms with Gasteiger partial charge in [0.25, 0.3) is 0 Å². The molecule has 0 aromatic rings. The van der Waals surface area contributed by atoms with Gasteiger partial charge in [-0.3, -0.25) is 0 Å². The van der Waals surface area contributed by atoms with Crippen LogP contribution in [0.25, 0.3) is 0 Å². The van der Waals surface area contributed by atoms with Gasteiger partial charge in [0.15, 0.2) is 5.67 Å². The summed E-state index contributed by atoms with van der Waals surface area (Å²) in [6.07, 6.45) is -0.269. The molecule has 1 saturated heterocycles. The largest absolute Gasteiger partial charge is 0.449 e. The van der Waals surface area contributed by atoms with Crippen molar-refractivity contribution in [1.82, 2.24) is 4.90 Å². The van der Waals surface area contributed by atoms with Crippen LogP contribution in [-0.4, -0.2) is 36.4 Å². The van der Waals surface area contributed by atoms with Crippen LogP contribution in [0.1, 0.15) is 26.7 Å². The Kier molecular flexibility index (Phi) is 4.11. The zero-order valence-corrected chi connectivity index (χ0v) is 9.70. The highest BCUT2D eigenvalue weighted by molar-refractivity contribution is 5.67. The topological polar surface area (TPSA) is 53.3 Å². The molecule has 0 aromatic heterocycles. The van der Waals surface area contributed by atoms with Gasteiger partial charge < -0.3 is 9.64 Å². The second kappa shape index (κ2) is 5.15. The summed E-state index contributed by atoms with van der Waals surface area (Å²) in [7, 11) is 0. The zero-order valence-electron chi connectivity index (χ0n) is 9.70. The lowest BCUT2D eigenvalue weighted by Crippen LogP contribution is -2.44. The third-order valence-electron chi connectivity index (χ3n) is 2.55. The first-order valence-electron chi connectivity index (χ1n) is 5.49. The first kappa shape index (κ1) is 12.8. The second-order valence-electron chi connectivity index (χ2n) is 4.53. The van der Waals surface area contributed by atoms with Crippen molar-refractivity contribution in [3.8, 4) is 6.07 Å². The fraction of sp³-hybridized carbons (Fsp3) is 0.818. The first-order valence-corrected chi connectivity index (χ1v) is 5.49. The molecule has 0 saturated carbocycles. The number of nitriles is 1. The molecule has 1 aliphatic heterocycles. The number of ether oxygens (including phenoxy) is 1. The lowest BCUT2D eigenvalue weighted by Gasteiger charge is -2.31. The Morgan fingerprint density at radius 1 is 1.56 bits per heavy atom. The number of amides is 1. The van der Waals surface area contributed by atoms with Gasteiger partial charge in [0.2, 0.25) is 0 Å². The van der Waals surface area contributed by atoms with Crippen LogP contribution in [0.3, 0.4) is 0 Å². The van der Waals surface area contributed by atoms with E-state index in [1.807, 2.05) is 13.8 Å². The summed E-state index contributed by atoms with van der Waals surface area (Å²) in [5.41, 5.74) is -1.77. The van der Waals surface area contributed by atoms with Gasteiger partial charge in [-0.15, -0.1) is 0 Å². The average molecular weight is 228 g/mol. The Bertz CT molecular complexity index is 291. The van der Waals surface area contributed by atoms with Gasteiger partial charge in [-0.2, -0.15) is 5.26 Å². The molecule has 0 aromatic carbocycles. The van der Waals surface area contributed by atoms with E-state index in [2.05, 4.69) is 0 Å². The quantitative estimate of drug-likeness (QED) is 0.727. The molecule has 0 radical (unpaired) electrons. The van der Waals surface area contributed by atoms with E-state index in [-0.39, 0.29) is 31.8 Å². The molecular weight excluding hydrogens is 211 g/mol. The number of hydrogen-bond acceptors (Lipinski definition) is 3. The normalized spacial score (nSPS) is 19.3. The minimum atomic E-state index is -1.77. The summed E-state index contributed by atoms with van der Waals surface area (Å²) in [4.78, 5) is 13.0. The molecule has 0 atom stereocenters. The molecule has 0 unspecified atom stereocenters. The molecule has 0 spiro atoms. The van der Waals surface area contributed by atoms with Crippen LogP contribution < -0.4 is 0 Å². The van der Waals surface area contributed by atoms with E-state index in [1.165, 1.54) is 4.90 Å². The van der Waals surface area contributed by atoms with Crippen LogP contribution in [0, 0.1) is 17.2 Å². The minimum absolute atomic E-state index is 0.0697. The third kappa shape index (κ3) is 3.37. The maximum absolute atomic E-state index is 13.5. The van der Waals surface area contributed by atoms with Gasteiger partial charge in [-0.1, -0.05) is 13.8 Å². The molecule has 1 aliphatic rings. The van der Waals surface area contributed by atoms with Crippen molar-refractivity contribution in [3.05, 3.63) is 0 Å². The lowest BCUT2D eigenvalue weighted by molar-refractivity contribution is 0.0608. The third-order valence-corrected chi connectivity index (χ3v) is 2.55. The highest BCUT2D eigenvalue weighted by Gasteiger charge is 2.36. The predicted octanol–water partition coefficient (Wildman–Crippen LogP) is 2.11. The molecule has 0 bridgehead atoms. The van der Waals surface area contributed by atoms with E-state index in [4.69, 9.17) is 10.00 Å². The van der Waals surface area contributed by atoms with Gasteiger partial charge in [-0.05, 0) is 5.92 Å². The number of likely N-dealkylation sites (tertiary alicyclic amines) is 1. The lowest BCUT2D eigenvalue weighted by atomic mass is 9.95. The average Bonchev–Trinajstić information content (AvgIpc) is 2.27. The Balaban J connectivity index is 2.37. The number of carbonyl (C=O) groups is 1. The maximum atomic E-state index is 13.5. The zero-order chi connectivity index (χ0) is 12.2. The van der Waals surface area contributed by atoms with Crippen molar-refractivity contribution in [2.24, 2.45) is 5.92 Å². The van der Waals surface area contributed by atoms with Crippen molar-refractivity contribution in [2.45, 2.75) is 32.4 Å². The number of hydrogen-bond donors (Lipinski definition) is 0. The van der Waals surface area contributed by atoms with Crippen molar-refractivity contribution in [1.29, 1.82) is 5.26 Å². The standard InChI is InChI=1S/C11H17FN2O2/c1-9(2)7-16-10(15)14-5-3-11(12,8-13)4-6-14/h9H,3-7H2,1-2H3. The Morgan fingerprint density at radius 3 is 2.56 bits per heavy atom. The minimum Gasteiger partial charge on any atom is -0.449 e. The summed E-state index contributed by atoms with van der Waals surface area (Å²) in [5.74, 6) is 0.285. The molecule has 4 nitrogen and oxygen atoms in total. The van der Waals surface area contributed by atoms with Crippen molar-refractivity contribution in [2.75, 3.05) is 19.7 Å². The number of nitrogens with zero attached hydrogens (tertiary/aromatic N) is 2. The molecule has 16 heavy (non-hydrogen) atoms. The van der Waals surface area contributed by atoms with Gasteiger partial charge in [-0.25, -0.2) is 9.18 Å². The molecular formula is C11H17FN2O2. The SMILES string of the molecule is CC(C)COC(=O)N1CCC(F)(C#N)CC1. The Morgan fingerprint density at radius 2 is 2.12 bits per heavy atom. The Hall–Kier alpha value is -1.31. The monoisotopic (exact) mass is 228 g/mol.